The van der Waals surface area contributed by atoms with Crippen molar-refractivity contribution in [2.45, 2.75) is 84.9 Å². The van der Waals surface area contributed by atoms with Gasteiger partial charge in [0.25, 0.3) is 0 Å². The summed E-state index contributed by atoms with van der Waals surface area (Å²) in [6.45, 7) is 13.3. The molecule has 118 valence electrons. The fourth-order valence-electron chi connectivity index (χ4n) is 2.44. The van der Waals surface area contributed by atoms with Crippen molar-refractivity contribution in [1.29, 1.82) is 0 Å². The average molecular weight is 284 g/mol. The monoisotopic (exact) mass is 284 g/mol. The van der Waals surface area contributed by atoms with Crippen molar-refractivity contribution in [3.63, 3.8) is 0 Å². The van der Waals surface area contributed by atoms with E-state index in [1.165, 1.54) is 12.8 Å². The standard InChI is InChI=1S/C16H32N2O2/c1-15(2,3)11-17-12-9-7-8-10-13(12)18-14(19)20-16(4,5)6/h12-13,17H,7-11H2,1-6H3,(H,18,19). The molecule has 0 bridgehead atoms. The molecule has 0 spiro atoms. The summed E-state index contributed by atoms with van der Waals surface area (Å²) in [5.41, 5.74) is -0.180. The predicted octanol–water partition coefficient (Wildman–Crippen LogP) is 3.46. The summed E-state index contributed by atoms with van der Waals surface area (Å²) in [6.07, 6.45) is 4.26. The Bertz CT molecular complexity index is 315. The van der Waals surface area contributed by atoms with Gasteiger partial charge in [0.2, 0.25) is 0 Å². The number of amides is 1. The predicted molar refractivity (Wildman–Crippen MR) is 82.9 cm³/mol. The molecule has 0 aromatic heterocycles. The third-order valence-corrected chi connectivity index (χ3v) is 3.36. The Balaban J connectivity index is 2.49. The molecule has 2 atom stereocenters. The van der Waals surface area contributed by atoms with E-state index in [9.17, 15) is 4.79 Å². The maximum atomic E-state index is 11.9. The summed E-state index contributed by atoms with van der Waals surface area (Å²) in [5.74, 6) is 0. The Morgan fingerprint density at radius 1 is 1.05 bits per heavy atom. The smallest absolute Gasteiger partial charge is 0.407 e. The van der Waals surface area contributed by atoms with E-state index in [0.717, 1.165) is 19.4 Å². The second-order valence-electron chi connectivity index (χ2n) is 8.09. The van der Waals surface area contributed by atoms with Gasteiger partial charge in [-0.2, -0.15) is 0 Å². The molecule has 1 aliphatic carbocycles. The molecule has 4 nitrogen and oxygen atoms in total. The molecular formula is C16H32N2O2. The Kier molecular flexibility index (Phi) is 5.87. The van der Waals surface area contributed by atoms with Gasteiger partial charge in [0.05, 0.1) is 0 Å². The van der Waals surface area contributed by atoms with Crippen LogP contribution in [0.25, 0.3) is 0 Å². The van der Waals surface area contributed by atoms with E-state index in [0.29, 0.717) is 6.04 Å². The van der Waals surface area contributed by atoms with Crippen LogP contribution in [0.2, 0.25) is 0 Å². The van der Waals surface area contributed by atoms with Crippen molar-refractivity contribution in [1.82, 2.24) is 10.6 Å². The molecule has 0 aromatic carbocycles. The van der Waals surface area contributed by atoms with Gasteiger partial charge in [-0.05, 0) is 39.0 Å². The zero-order valence-corrected chi connectivity index (χ0v) is 14.0. The Labute approximate surface area is 124 Å². The SMILES string of the molecule is CC(C)(C)CNC1CCCCC1NC(=O)OC(C)(C)C. The molecule has 1 aliphatic rings. The van der Waals surface area contributed by atoms with Crippen LogP contribution < -0.4 is 10.6 Å². The van der Waals surface area contributed by atoms with Crippen molar-refractivity contribution < 1.29 is 9.53 Å². The summed E-state index contributed by atoms with van der Waals surface area (Å²) in [4.78, 5) is 11.9. The van der Waals surface area contributed by atoms with Crippen LogP contribution in [-0.2, 0) is 4.74 Å². The van der Waals surface area contributed by atoms with Crippen molar-refractivity contribution in [2.24, 2.45) is 5.41 Å². The Morgan fingerprint density at radius 3 is 2.10 bits per heavy atom. The van der Waals surface area contributed by atoms with E-state index < -0.39 is 5.60 Å². The van der Waals surface area contributed by atoms with Crippen LogP contribution in [0.15, 0.2) is 0 Å². The third-order valence-electron chi connectivity index (χ3n) is 3.36. The fourth-order valence-corrected chi connectivity index (χ4v) is 2.44. The van der Waals surface area contributed by atoms with Crippen molar-refractivity contribution in [3.8, 4) is 0 Å². The second-order valence-corrected chi connectivity index (χ2v) is 8.09. The van der Waals surface area contributed by atoms with E-state index in [2.05, 4.69) is 31.4 Å². The van der Waals surface area contributed by atoms with E-state index >= 15 is 0 Å². The molecule has 0 heterocycles. The molecule has 1 amide bonds. The van der Waals surface area contributed by atoms with Gasteiger partial charge in [-0.15, -0.1) is 0 Å². The van der Waals surface area contributed by atoms with Crippen molar-refractivity contribution in [3.05, 3.63) is 0 Å². The molecule has 0 radical (unpaired) electrons. The van der Waals surface area contributed by atoms with E-state index in [4.69, 9.17) is 4.74 Å². The summed E-state index contributed by atoms with van der Waals surface area (Å²) >= 11 is 0. The summed E-state index contributed by atoms with van der Waals surface area (Å²) in [7, 11) is 0. The van der Waals surface area contributed by atoms with Crippen LogP contribution >= 0.6 is 0 Å². The minimum atomic E-state index is -0.437. The number of nitrogens with one attached hydrogen (secondary N) is 2. The highest BCUT2D eigenvalue weighted by Gasteiger charge is 2.28. The average Bonchev–Trinajstić information content (AvgIpc) is 2.24. The van der Waals surface area contributed by atoms with Crippen LogP contribution in [-0.4, -0.2) is 30.3 Å². The van der Waals surface area contributed by atoms with Crippen LogP contribution in [0, 0.1) is 5.41 Å². The number of rotatable bonds is 3. The number of alkyl carbamates (subject to hydrolysis) is 1. The van der Waals surface area contributed by atoms with Gasteiger partial charge in [-0.1, -0.05) is 33.6 Å². The lowest BCUT2D eigenvalue weighted by Gasteiger charge is -2.35. The minimum Gasteiger partial charge on any atom is -0.444 e. The largest absolute Gasteiger partial charge is 0.444 e. The highest BCUT2D eigenvalue weighted by atomic mass is 16.6. The zero-order valence-electron chi connectivity index (χ0n) is 14.0. The minimum absolute atomic E-state index is 0.181. The molecule has 1 rings (SSSR count). The molecule has 20 heavy (non-hydrogen) atoms. The van der Waals surface area contributed by atoms with E-state index in [-0.39, 0.29) is 17.6 Å². The van der Waals surface area contributed by atoms with Crippen LogP contribution in [0.5, 0.6) is 0 Å². The number of carbonyl (C=O) groups excluding carboxylic acids is 1. The molecule has 1 saturated carbocycles. The van der Waals surface area contributed by atoms with Gasteiger partial charge in [0, 0.05) is 18.6 Å². The number of carbonyl (C=O) groups is 1. The summed E-state index contributed by atoms with van der Waals surface area (Å²) < 4.78 is 5.36. The first-order valence-corrected chi connectivity index (χ1v) is 7.80. The van der Waals surface area contributed by atoms with Gasteiger partial charge in [-0.3, -0.25) is 0 Å². The first-order valence-electron chi connectivity index (χ1n) is 7.80. The molecule has 2 unspecified atom stereocenters. The highest BCUT2D eigenvalue weighted by molar-refractivity contribution is 5.68. The van der Waals surface area contributed by atoms with Crippen LogP contribution in [0.1, 0.15) is 67.2 Å². The van der Waals surface area contributed by atoms with E-state index in [1.807, 2.05) is 20.8 Å². The number of ether oxygens (including phenoxy) is 1. The number of hydrogen-bond donors (Lipinski definition) is 2. The Morgan fingerprint density at radius 2 is 1.60 bits per heavy atom. The maximum Gasteiger partial charge on any atom is 0.407 e. The first-order chi connectivity index (χ1) is 9.07. The normalized spacial score (nSPS) is 24.3. The Hall–Kier alpha value is -0.770. The lowest BCUT2D eigenvalue weighted by molar-refractivity contribution is 0.0478. The lowest BCUT2D eigenvalue weighted by Crippen LogP contribution is -2.53. The summed E-state index contributed by atoms with van der Waals surface area (Å²) in [6, 6.07) is 0.538. The van der Waals surface area contributed by atoms with E-state index in [1.54, 1.807) is 0 Å². The number of hydrogen-bond acceptors (Lipinski definition) is 3. The second kappa shape index (κ2) is 6.79. The maximum absolute atomic E-state index is 11.9. The third kappa shape index (κ3) is 7.13. The summed E-state index contributed by atoms with van der Waals surface area (Å²) in [5, 5.41) is 6.65. The van der Waals surface area contributed by atoms with Crippen molar-refractivity contribution in [2.75, 3.05) is 6.54 Å². The quantitative estimate of drug-likeness (QED) is 0.834. The van der Waals surface area contributed by atoms with Gasteiger partial charge in [0.15, 0.2) is 0 Å². The van der Waals surface area contributed by atoms with Gasteiger partial charge in [0.1, 0.15) is 5.60 Å². The molecule has 2 N–H and O–H groups in total. The van der Waals surface area contributed by atoms with Gasteiger partial charge in [-0.25, -0.2) is 4.79 Å². The molecule has 0 aromatic rings. The fraction of sp³-hybridized carbons (Fsp3) is 0.938. The first kappa shape index (κ1) is 17.3. The molecule has 4 heteroatoms. The highest BCUT2D eigenvalue weighted by Crippen LogP contribution is 2.21. The van der Waals surface area contributed by atoms with Gasteiger partial charge < -0.3 is 15.4 Å². The van der Waals surface area contributed by atoms with Crippen molar-refractivity contribution >= 4 is 6.09 Å². The lowest BCUT2D eigenvalue weighted by atomic mass is 9.88. The molecule has 0 aliphatic heterocycles. The molecular weight excluding hydrogens is 252 g/mol. The zero-order chi connectivity index (χ0) is 15.4. The topological polar surface area (TPSA) is 50.4 Å². The van der Waals surface area contributed by atoms with Gasteiger partial charge >= 0.3 is 6.09 Å². The van der Waals surface area contributed by atoms with Crippen LogP contribution in [0.4, 0.5) is 4.79 Å². The molecule has 1 fully saturated rings. The van der Waals surface area contributed by atoms with Crippen LogP contribution in [0.3, 0.4) is 0 Å². The molecule has 0 saturated heterocycles.